The lowest BCUT2D eigenvalue weighted by Gasteiger charge is -2.07. The number of carbonyl (C=O) groups excluding carboxylic acids is 1. The van der Waals surface area contributed by atoms with E-state index in [0.29, 0.717) is 12.0 Å². The minimum Gasteiger partial charge on any atom is -0.351 e. The maximum atomic E-state index is 11.6. The SMILES string of the molecule is CCCS(=O)(=O)NCCNC(=O)c1cccnc1. The van der Waals surface area contributed by atoms with Gasteiger partial charge < -0.3 is 5.32 Å². The van der Waals surface area contributed by atoms with Gasteiger partial charge in [0.15, 0.2) is 0 Å². The first-order chi connectivity index (χ1) is 8.55. The molecule has 0 spiro atoms. The Balaban J connectivity index is 2.29. The monoisotopic (exact) mass is 271 g/mol. The van der Waals surface area contributed by atoms with E-state index in [9.17, 15) is 13.2 Å². The molecule has 1 rings (SSSR count). The van der Waals surface area contributed by atoms with Crippen molar-refractivity contribution >= 4 is 15.9 Å². The van der Waals surface area contributed by atoms with E-state index in [1.165, 1.54) is 6.20 Å². The molecule has 0 aliphatic heterocycles. The zero-order chi connectivity index (χ0) is 13.4. The zero-order valence-corrected chi connectivity index (χ0v) is 11.0. The summed E-state index contributed by atoms with van der Waals surface area (Å²) in [5.41, 5.74) is 0.453. The highest BCUT2D eigenvalue weighted by atomic mass is 32.2. The van der Waals surface area contributed by atoms with Crippen LogP contribution in [0.3, 0.4) is 0 Å². The van der Waals surface area contributed by atoms with Crippen LogP contribution in [0.2, 0.25) is 0 Å². The summed E-state index contributed by atoms with van der Waals surface area (Å²) in [7, 11) is -3.21. The highest BCUT2D eigenvalue weighted by Crippen LogP contribution is 1.94. The first-order valence-corrected chi connectivity index (χ1v) is 7.36. The number of carbonyl (C=O) groups is 1. The largest absolute Gasteiger partial charge is 0.351 e. The number of nitrogens with one attached hydrogen (secondary N) is 2. The number of sulfonamides is 1. The van der Waals surface area contributed by atoms with E-state index < -0.39 is 10.0 Å². The highest BCUT2D eigenvalue weighted by molar-refractivity contribution is 7.89. The number of rotatable bonds is 7. The smallest absolute Gasteiger partial charge is 0.252 e. The van der Waals surface area contributed by atoms with Crippen LogP contribution in [-0.2, 0) is 10.0 Å². The molecule has 1 aromatic heterocycles. The number of aromatic nitrogens is 1. The maximum Gasteiger partial charge on any atom is 0.252 e. The van der Waals surface area contributed by atoms with Crippen LogP contribution in [0, 0.1) is 0 Å². The molecule has 0 aliphatic carbocycles. The van der Waals surface area contributed by atoms with Crippen molar-refractivity contribution in [2.75, 3.05) is 18.8 Å². The Bertz CT molecular complexity index is 474. The van der Waals surface area contributed by atoms with Crippen LogP contribution < -0.4 is 10.0 Å². The van der Waals surface area contributed by atoms with Gasteiger partial charge in [-0.25, -0.2) is 13.1 Å². The van der Waals surface area contributed by atoms with Gasteiger partial charge in [-0.05, 0) is 18.6 Å². The zero-order valence-electron chi connectivity index (χ0n) is 10.2. The molecule has 0 radical (unpaired) electrons. The molecule has 1 aromatic rings. The molecule has 0 saturated carbocycles. The first-order valence-electron chi connectivity index (χ1n) is 5.70. The van der Waals surface area contributed by atoms with E-state index in [2.05, 4.69) is 15.0 Å². The van der Waals surface area contributed by atoms with Crippen molar-refractivity contribution in [3.8, 4) is 0 Å². The van der Waals surface area contributed by atoms with Crippen LogP contribution in [0.1, 0.15) is 23.7 Å². The van der Waals surface area contributed by atoms with Gasteiger partial charge in [0.25, 0.3) is 5.91 Å². The molecular formula is C11H17N3O3S. The van der Waals surface area contributed by atoms with Gasteiger partial charge in [-0.2, -0.15) is 0 Å². The summed E-state index contributed by atoms with van der Waals surface area (Å²) >= 11 is 0. The van der Waals surface area contributed by atoms with E-state index >= 15 is 0 Å². The predicted molar refractivity (Wildman–Crippen MR) is 68.7 cm³/mol. The van der Waals surface area contributed by atoms with Crippen molar-refractivity contribution in [1.29, 1.82) is 0 Å². The molecule has 1 amide bonds. The molecule has 2 N–H and O–H groups in total. The molecule has 0 aromatic carbocycles. The van der Waals surface area contributed by atoms with Gasteiger partial charge in [0.05, 0.1) is 11.3 Å². The number of hydrogen-bond donors (Lipinski definition) is 2. The molecule has 1 heterocycles. The number of hydrogen-bond acceptors (Lipinski definition) is 4. The second-order valence-corrected chi connectivity index (χ2v) is 5.64. The second kappa shape index (κ2) is 7.07. The lowest BCUT2D eigenvalue weighted by Crippen LogP contribution is -2.35. The fraction of sp³-hybridized carbons (Fsp3) is 0.455. The fourth-order valence-corrected chi connectivity index (χ4v) is 2.42. The molecule has 0 saturated heterocycles. The van der Waals surface area contributed by atoms with Gasteiger partial charge in [-0.3, -0.25) is 9.78 Å². The van der Waals surface area contributed by atoms with Crippen LogP contribution in [-0.4, -0.2) is 38.2 Å². The van der Waals surface area contributed by atoms with Crippen molar-refractivity contribution in [3.63, 3.8) is 0 Å². The minimum absolute atomic E-state index is 0.101. The Kier molecular flexibility index (Phi) is 5.73. The number of amides is 1. The molecule has 18 heavy (non-hydrogen) atoms. The van der Waals surface area contributed by atoms with Crippen molar-refractivity contribution in [2.24, 2.45) is 0 Å². The Morgan fingerprint density at radius 3 is 2.78 bits per heavy atom. The fourth-order valence-electron chi connectivity index (χ4n) is 1.32. The molecule has 0 atom stereocenters. The third-order valence-electron chi connectivity index (χ3n) is 2.13. The first kappa shape index (κ1) is 14.6. The summed E-state index contributed by atoms with van der Waals surface area (Å²) in [4.78, 5) is 15.4. The van der Waals surface area contributed by atoms with Crippen LogP contribution >= 0.6 is 0 Å². The van der Waals surface area contributed by atoms with Crippen molar-refractivity contribution in [1.82, 2.24) is 15.0 Å². The summed E-state index contributed by atoms with van der Waals surface area (Å²) in [5, 5.41) is 2.61. The molecule has 0 aliphatic rings. The van der Waals surface area contributed by atoms with Gasteiger partial charge in [0, 0.05) is 25.5 Å². The van der Waals surface area contributed by atoms with E-state index in [4.69, 9.17) is 0 Å². The summed E-state index contributed by atoms with van der Waals surface area (Å²) in [6.07, 6.45) is 3.60. The van der Waals surface area contributed by atoms with Crippen LogP contribution in [0.4, 0.5) is 0 Å². The number of nitrogens with zero attached hydrogens (tertiary/aromatic N) is 1. The molecule has 6 nitrogen and oxygen atoms in total. The van der Waals surface area contributed by atoms with E-state index in [1.54, 1.807) is 25.3 Å². The lowest BCUT2D eigenvalue weighted by molar-refractivity contribution is 0.0954. The van der Waals surface area contributed by atoms with Gasteiger partial charge in [0.2, 0.25) is 10.0 Å². The molecular weight excluding hydrogens is 254 g/mol. The summed E-state index contributed by atoms with van der Waals surface area (Å²) < 4.78 is 25.0. The van der Waals surface area contributed by atoms with Crippen molar-refractivity contribution in [2.45, 2.75) is 13.3 Å². The van der Waals surface area contributed by atoms with E-state index in [1.807, 2.05) is 0 Å². The maximum absolute atomic E-state index is 11.6. The average Bonchev–Trinajstić information content (AvgIpc) is 2.35. The average molecular weight is 271 g/mol. The normalized spacial score (nSPS) is 11.2. The van der Waals surface area contributed by atoms with Gasteiger partial charge in [-0.1, -0.05) is 6.92 Å². The Morgan fingerprint density at radius 2 is 2.17 bits per heavy atom. The quantitative estimate of drug-likeness (QED) is 0.690. The third kappa shape index (κ3) is 5.24. The van der Waals surface area contributed by atoms with Crippen LogP contribution in [0.25, 0.3) is 0 Å². The Hall–Kier alpha value is -1.47. The second-order valence-electron chi connectivity index (χ2n) is 3.71. The van der Waals surface area contributed by atoms with Gasteiger partial charge in [0.1, 0.15) is 0 Å². The van der Waals surface area contributed by atoms with E-state index in [-0.39, 0.29) is 24.7 Å². The summed E-state index contributed by atoms with van der Waals surface area (Å²) in [5.74, 6) is -0.165. The minimum atomic E-state index is -3.21. The topological polar surface area (TPSA) is 88.2 Å². The molecule has 100 valence electrons. The van der Waals surface area contributed by atoms with Crippen LogP contribution in [0.15, 0.2) is 24.5 Å². The third-order valence-corrected chi connectivity index (χ3v) is 3.72. The Morgan fingerprint density at radius 1 is 1.39 bits per heavy atom. The molecule has 7 heteroatoms. The van der Waals surface area contributed by atoms with Gasteiger partial charge in [-0.15, -0.1) is 0 Å². The van der Waals surface area contributed by atoms with Crippen LogP contribution in [0.5, 0.6) is 0 Å². The Labute approximate surface area is 107 Å². The molecule has 0 fully saturated rings. The standard InChI is InChI=1S/C11H17N3O3S/c1-2-8-18(16,17)14-7-6-13-11(15)10-4-3-5-12-9-10/h3-5,9,14H,2,6-8H2,1H3,(H,13,15). The molecule has 0 unspecified atom stereocenters. The number of pyridine rings is 1. The lowest BCUT2D eigenvalue weighted by atomic mass is 10.3. The van der Waals surface area contributed by atoms with Crippen molar-refractivity contribution in [3.05, 3.63) is 30.1 Å². The molecule has 0 bridgehead atoms. The predicted octanol–water partition coefficient (Wildman–Crippen LogP) is 0.141. The summed E-state index contributed by atoms with van der Waals surface area (Å²) in [6.45, 7) is 2.23. The van der Waals surface area contributed by atoms with E-state index in [0.717, 1.165) is 0 Å². The highest BCUT2D eigenvalue weighted by Gasteiger charge is 2.08. The van der Waals surface area contributed by atoms with Crippen molar-refractivity contribution < 1.29 is 13.2 Å². The summed E-state index contributed by atoms with van der Waals surface area (Å²) in [6, 6.07) is 3.31. The van der Waals surface area contributed by atoms with Gasteiger partial charge >= 0.3 is 0 Å².